The van der Waals surface area contributed by atoms with E-state index in [4.69, 9.17) is 4.74 Å². The normalized spacial score (nSPS) is 13.4. The van der Waals surface area contributed by atoms with Crippen molar-refractivity contribution < 1.29 is 40.4 Å². The smallest absolute Gasteiger partial charge is 0.416 e. The van der Waals surface area contributed by atoms with E-state index in [9.17, 15) is 31.1 Å². The number of aromatic nitrogens is 1. The number of rotatable bonds is 3. The molecule has 1 aromatic heterocycles. The molecule has 0 fully saturated rings. The van der Waals surface area contributed by atoms with Gasteiger partial charge in [-0.25, -0.2) is 9.36 Å². The van der Waals surface area contributed by atoms with Gasteiger partial charge in [-0.15, -0.1) is 0 Å². The number of pyridine rings is 1. The first-order chi connectivity index (χ1) is 11.9. The summed E-state index contributed by atoms with van der Waals surface area (Å²) in [5.74, 6) is -1.28. The molecule has 2 rings (SSSR count). The monoisotopic (exact) mass is 378 g/mol. The summed E-state index contributed by atoms with van der Waals surface area (Å²) in [5.41, 5.74) is -3.43. The maximum absolute atomic E-state index is 12.8. The summed E-state index contributed by atoms with van der Waals surface area (Å²) in [5, 5.41) is 0. The van der Waals surface area contributed by atoms with Crippen molar-refractivity contribution >= 4 is 5.97 Å². The summed E-state index contributed by atoms with van der Waals surface area (Å²) in [6, 6.07) is 3.92. The van der Waals surface area contributed by atoms with Gasteiger partial charge in [0.05, 0.1) is 22.3 Å². The molecule has 0 bridgehead atoms. The predicted octanol–water partition coefficient (Wildman–Crippen LogP) is 4.47. The Balaban J connectivity index is 2.35. The molecule has 26 heavy (non-hydrogen) atoms. The molecular weight excluding hydrogens is 364 g/mol. The second-order valence-corrected chi connectivity index (χ2v) is 5.64. The molecule has 0 radical (unpaired) electrons. The lowest BCUT2D eigenvalue weighted by atomic mass is 10.0. The second kappa shape index (κ2) is 6.97. The number of ether oxygens (including phenoxy) is 1. The number of benzene rings is 1. The summed E-state index contributed by atoms with van der Waals surface area (Å²) in [7, 11) is 1.71. The average molecular weight is 378 g/mol. The third kappa shape index (κ3) is 4.74. The molecule has 0 aliphatic carbocycles. The van der Waals surface area contributed by atoms with Crippen LogP contribution < -0.4 is 4.57 Å². The third-order valence-corrected chi connectivity index (χ3v) is 3.54. The molecule has 1 unspecified atom stereocenters. The molecule has 140 valence electrons. The number of hydrogen-bond donors (Lipinski definition) is 0. The molecule has 1 atom stereocenters. The van der Waals surface area contributed by atoms with Gasteiger partial charge in [-0.1, -0.05) is 0 Å². The number of nitrogens with zero attached hydrogens (tertiary/aromatic N) is 1. The van der Waals surface area contributed by atoms with Gasteiger partial charge in [0.1, 0.15) is 13.2 Å². The standard InChI is InChI=1S/C17H14F6NO2/c1-10(11-4-3-5-24(2)9-11)26-15(25)12-6-13(16(18,19)20)8-14(7-12)17(21,22)23/h3-10H,1-2H3/q+1. The van der Waals surface area contributed by atoms with Crippen LogP contribution in [-0.2, 0) is 24.1 Å². The minimum Gasteiger partial charge on any atom is -0.454 e. The zero-order valence-electron chi connectivity index (χ0n) is 13.7. The summed E-state index contributed by atoms with van der Waals surface area (Å²) in [6.45, 7) is 1.46. The fourth-order valence-electron chi connectivity index (χ4n) is 2.22. The summed E-state index contributed by atoms with van der Waals surface area (Å²) < 4.78 is 83.8. The third-order valence-electron chi connectivity index (χ3n) is 3.54. The van der Waals surface area contributed by atoms with Crippen LogP contribution in [-0.4, -0.2) is 5.97 Å². The number of hydrogen-bond acceptors (Lipinski definition) is 2. The van der Waals surface area contributed by atoms with Crippen molar-refractivity contribution in [1.82, 2.24) is 0 Å². The van der Waals surface area contributed by atoms with Crippen LogP contribution in [0.5, 0.6) is 0 Å². The molecule has 2 aromatic rings. The lowest BCUT2D eigenvalue weighted by Crippen LogP contribution is -2.27. The van der Waals surface area contributed by atoms with Crippen molar-refractivity contribution in [3.63, 3.8) is 0 Å². The summed E-state index contributed by atoms with van der Waals surface area (Å²) >= 11 is 0. The van der Waals surface area contributed by atoms with E-state index in [-0.39, 0.29) is 6.07 Å². The van der Waals surface area contributed by atoms with Crippen LogP contribution in [0.15, 0.2) is 42.7 Å². The zero-order chi connectivity index (χ0) is 19.7. The second-order valence-electron chi connectivity index (χ2n) is 5.64. The highest BCUT2D eigenvalue weighted by Crippen LogP contribution is 2.36. The molecule has 0 spiro atoms. The van der Waals surface area contributed by atoms with E-state index in [1.165, 1.54) is 6.92 Å². The molecule has 0 N–H and O–H groups in total. The molecule has 9 heteroatoms. The number of carbonyl (C=O) groups is 1. The van der Waals surface area contributed by atoms with Gasteiger partial charge in [0, 0.05) is 6.07 Å². The molecular formula is C17H14F6NO2+. The van der Waals surface area contributed by atoms with Crippen molar-refractivity contribution in [3.8, 4) is 0 Å². The molecule has 3 nitrogen and oxygen atoms in total. The van der Waals surface area contributed by atoms with E-state index in [2.05, 4.69) is 0 Å². The number of halogens is 6. The SMILES string of the molecule is CC(OC(=O)c1cc(C(F)(F)F)cc(C(F)(F)F)c1)c1ccc[n+](C)c1. The molecule has 0 aliphatic heterocycles. The molecule has 0 saturated carbocycles. The average Bonchev–Trinajstić information content (AvgIpc) is 2.52. The van der Waals surface area contributed by atoms with Crippen LogP contribution in [0.25, 0.3) is 0 Å². The molecule has 0 saturated heterocycles. The van der Waals surface area contributed by atoms with Crippen molar-refractivity contribution in [1.29, 1.82) is 0 Å². The van der Waals surface area contributed by atoms with Gasteiger partial charge in [-0.2, -0.15) is 26.3 Å². The van der Waals surface area contributed by atoms with E-state index in [1.54, 1.807) is 36.1 Å². The molecule has 1 heterocycles. The first-order valence-corrected chi connectivity index (χ1v) is 7.33. The highest BCUT2D eigenvalue weighted by Gasteiger charge is 2.37. The van der Waals surface area contributed by atoms with Gasteiger partial charge in [0.25, 0.3) is 0 Å². The van der Waals surface area contributed by atoms with Crippen LogP contribution in [0.1, 0.15) is 40.1 Å². The van der Waals surface area contributed by atoms with Crippen LogP contribution in [0.4, 0.5) is 26.3 Å². The number of alkyl halides is 6. The van der Waals surface area contributed by atoms with Gasteiger partial charge >= 0.3 is 18.3 Å². The Morgan fingerprint density at radius 2 is 1.58 bits per heavy atom. The molecule has 0 aliphatic rings. The minimum atomic E-state index is -5.03. The highest BCUT2D eigenvalue weighted by molar-refractivity contribution is 5.90. The van der Waals surface area contributed by atoms with Crippen molar-refractivity contribution in [2.24, 2.45) is 7.05 Å². The Morgan fingerprint density at radius 1 is 1.04 bits per heavy atom. The Labute approximate surface area is 144 Å². The van der Waals surface area contributed by atoms with Crippen molar-refractivity contribution in [3.05, 3.63) is 65.0 Å². The fourth-order valence-corrected chi connectivity index (χ4v) is 2.22. The summed E-state index contributed by atoms with van der Waals surface area (Å²) in [6.07, 6.45) is -7.60. The number of carbonyl (C=O) groups excluding carboxylic acids is 1. The maximum atomic E-state index is 12.8. The first-order valence-electron chi connectivity index (χ1n) is 7.33. The fraction of sp³-hybridized carbons (Fsp3) is 0.294. The van der Waals surface area contributed by atoms with E-state index in [0.717, 1.165) is 0 Å². The Bertz CT molecular complexity index is 781. The minimum absolute atomic E-state index is 0.0442. The van der Waals surface area contributed by atoms with Crippen LogP contribution >= 0.6 is 0 Å². The number of aryl methyl sites for hydroxylation is 1. The van der Waals surface area contributed by atoms with Crippen molar-refractivity contribution in [2.75, 3.05) is 0 Å². The first kappa shape index (κ1) is 19.7. The quantitative estimate of drug-likeness (QED) is 0.448. The molecule has 0 amide bonds. The van der Waals surface area contributed by atoms with E-state index >= 15 is 0 Å². The number of esters is 1. The Hall–Kier alpha value is -2.58. The predicted molar refractivity (Wildman–Crippen MR) is 77.9 cm³/mol. The largest absolute Gasteiger partial charge is 0.454 e. The molecule has 1 aromatic carbocycles. The van der Waals surface area contributed by atoms with Crippen LogP contribution in [0, 0.1) is 0 Å². The van der Waals surface area contributed by atoms with Gasteiger partial charge in [-0.05, 0) is 31.2 Å². The van der Waals surface area contributed by atoms with Crippen LogP contribution in [0.2, 0.25) is 0 Å². The van der Waals surface area contributed by atoms with Gasteiger partial charge in [-0.3, -0.25) is 0 Å². The van der Waals surface area contributed by atoms with E-state index < -0.39 is 41.1 Å². The lowest BCUT2D eigenvalue weighted by Gasteiger charge is -2.16. The highest BCUT2D eigenvalue weighted by atomic mass is 19.4. The van der Waals surface area contributed by atoms with E-state index in [0.29, 0.717) is 17.7 Å². The Morgan fingerprint density at radius 3 is 2.04 bits per heavy atom. The maximum Gasteiger partial charge on any atom is 0.416 e. The van der Waals surface area contributed by atoms with Gasteiger partial charge < -0.3 is 4.74 Å². The zero-order valence-corrected chi connectivity index (χ0v) is 13.7. The summed E-state index contributed by atoms with van der Waals surface area (Å²) in [4.78, 5) is 12.1. The van der Waals surface area contributed by atoms with Crippen LogP contribution in [0.3, 0.4) is 0 Å². The van der Waals surface area contributed by atoms with Gasteiger partial charge in [0.2, 0.25) is 0 Å². The lowest BCUT2D eigenvalue weighted by molar-refractivity contribution is -0.672. The van der Waals surface area contributed by atoms with E-state index in [1.807, 2.05) is 0 Å². The Kier molecular flexibility index (Phi) is 5.29. The van der Waals surface area contributed by atoms with Crippen molar-refractivity contribution in [2.45, 2.75) is 25.4 Å². The topological polar surface area (TPSA) is 30.2 Å². The van der Waals surface area contributed by atoms with Gasteiger partial charge in [0.15, 0.2) is 12.4 Å².